The highest BCUT2D eigenvalue weighted by Crippen LogP contribution is 2.29. The van der Waals surface area contributed by atoms with Gasteiger partial charge in [-0.25, -0.2) is 4.79 Å². The van der Waals surface area contributed by atoms with E-state index in [-0.39, 0.29) is 18.6 Å². The highest BCUT2D eigenvalue weighted by molar-refractivity contribution is 5.93. The van der Waals surface area contributed by atoms with Gasteiger partial charge in [0, 0.05) is 0 Å². The van der Waals surface area contributed by atoms with Gasteiger partial charge in [-0.2, -0.15) is 0 Å². The van der Waals surface area contributed by atoms with Crippen molar-refractivity contribution in [3.8, 4) is 0 Å². The van der Waals surface area contributed by atoms with Gasteiger partial charge < -0.3 is 10.1 Å². The molecule has 3 aromatic carbocycles. The van der Waals surface area contributed by atoms with E-state index in [1.54, 1.807) is 6.07 Å². The summed E-state index contributed by atoms with van der Waals surface area (Å²) in [6.45, 7) is -0.281. The summed E-state index contributed by atoms with van der Waals surface area (Å²) in [7, 11) is 0. The molecule has 0 fully saturated rings. The van der Waals surface area contributed by atoms with Crippen LogP contribution >= 0.6 is 0 Å². The normalized spacial score (nSPS) is 15.1. The van der Waals surface area contributed by atoms with Gasteiger partial charge in [0.25, 0.3) is 5.91 Å². The average molecular weight is 399 g/mol. The predicted molar refractivity (Wildman–Crippen MR) is 116 cm³/mol. The van der Waals surface area contributed by atoms with Crippen molar-refractivity contribution in [1.82, 2.24) is 5.32 Å². The SMILES string of the molecule is O=C(COC(=O)c1ccccc1Cc1ccccc1)N[C@@H]1CCCc2ccccc21. The van der Waals surface area contributed by atoms with Crippen molar-refractivity contribution < 1.29 is 14.3 Å². The average Bonchev–Trinajstić information content (AvgIpc) is 2.79. The van der Waals surface area contributed by atoms with Crippen LogP contribution in [0.25, 0.3) is 0 Å². The number of hydrogen-bond donors (Lipinski definition) is 1. The lowest BCUT2D eigenvalue weighted by Gasteiger charge is -2.26. The molecular weight excluding hydrogens is 374 g/mol. The van der Waals surface area contributed by atoms with Gasteiger partial charge in [0.05, 0.1) is 11.6 Å². The third-order valence-electron chi connectivity index (χ3n) is 5.51. The van der Waals surface area contributed by atoms with E-state index < -0.39 is 5.97 Å². The molecule has 152 valence electrons. The van der Waals surface area contributed by atoms with Gasteiger partial charge >= 0.3 is 5.97 Å². The fourth-order valence-corrected chi connectivity index (χ4v) is 4.04. The van der Waals surface area contributed by atoms with Crippen LogP contribution in [-0.2, 0) is 22.4 Å². The van der Waals surface area contributed by atoms with Crippen LogP contribution in [0.2, 0.25) is 0 Å². The molecule has 0 spiro atoms. The number of rotatable bonds is 6. The lowest BCUT2D eigenvalue weighted by Crippen LogP contribution is -2.34. The Hall–Kier alpha value is -3.40. The minimum Gasteiger partial charge on any atom is -0.452 e. The highest BCUT2D eigenvalue weighted by atomic mass is 16.5. The molecule has 1 amide bonds. The van der Waals surface area contributed by atoms with Gasteiger partial charge in [-0.05, 0) is 54.0 Å². The number of carbonyl (C=O) groups is 2. The minimum atomic E-state index is -0.472. The Morgan fingerprint density at radius 3 is 2.50 bits per heavy atom. The van der Waals surface area contributed by atoms with E-state index >= 15 is 0 Å². The maximum absolute atomic E-state index is 12.6. The molecule has 0 aromatic heterocycles. The number of fused-ring (bicyclic) bond motifs is 1. The third-order valence-corrected chi connectivity index (χ3v) is 5.51. The summed E-state index contributed by atoms with van der Waals surface area (Å²) in [6, 6.07) is 25.5. The molecule has 30 heavy (non-hydrogen) atoms. The molecular formula is C26H25NO3. The number of hydrogen-bond acceptors (Lipinski definition) is 3. The van der Waals surface area contributed by atoms with Gasteiger partial charge in [-0.1, -0.05) is 72.8 Å². The lowest BCUT2D eigenvalue weighted by molar-refractivity contribution is -0.125. The van der Waals surface area contributed by atoms with Crippen molar-refractivity contribution in [3.63, 3.8) is 0 Å². The number of benzene rings is 3. The summed E-state index contributed by atoms with van der Waals surface area (Å²) in [6.07, 6.45) is 3.61. The molecule has 0 saturated carbocycles. The van der Waals surface area contributed by atoms with Crippen molar-refractivity contribution >= 4 is 11.9 Å². The van der Waals surface area contributed by atoms with Gasteiger partial charge in [0.15, 0.2) is 6.61 Å². The molecule has 0 saturated heterocycles. The Balaban J connectivity index is 1.37. The molecule has 0 unspecified atom stereocenters. The first-order valence-electron chi connectivity index (χ1n) is 10.4. The summed E-state index contributed by atoms with van der Waals surface area (Å²) in [5.74, 6) is -0.744. The second-order valence-corrected chi connectivity index (χ2v) is 7.61. The fourth-order valence-electron chi connectivity index (χ4n) is 4.04. The third kappa shape index (κ3) is 4.77. The molecule has 4 rings (SSSR count). The maximum atomic E-state index is 12.6. The predicted octanol–water partition coefficient (Wildman–Crippen LogP) is 4.63. The van der Waals surface area contributed by atoms with E-state index in [4.69, 9.17) is 4.74 Å². The maximum Gasteiger partial charge on any atom is 0.338 e. The zero-order chi connectivity index (χ0) is 20.8. The second kappa shape index (κ2) is 9.40. The monoisotopic (exact) mass is 399 g/mol. The van der Waals surface area contributed by atoms with E-state index in [0.29, 0.717) is 12.0 Å². The number of carbonyl (C=O) groups excluding carboxylic acids is 2. The van der Waals surface area contributed by atoms with Crippen molar-refractivity contribution in [2.75, 3.05) is 6.61 Å². The van der Waals surface area contributed by atoms with Crippen LogP contribution in [0.1, 0.15) is 51.5 Å². The van der Waals surface area contributed by atoms with E-state index in [1.807, 2.05) is 60.7 Å². The van der Waals surface area contributed by atoms with E-state index in [0.717, 1.165) is 36.0 Å². The Bertz CT molecular complexity index is 1030. The smallest absolute Gasteiger partial charge is 0.338 e. The molecule has 1 aliphatic rings. The molecule has 4 heteroatoms. The molecule has 1 N–H and O–H groups in total. The minimum absolute atomic E-state index is 0.0217. The van der Waals surface area contributed by atoms with Crippen molar-refractivity contribution in [1.29, 1.82) is 0 Å². The molecule has 1 atom stereocenters. The van der Waals surface area contributed by atoms with Gasteiger partial charge in [0.1, 0.15) is 0 Å². The van der Waals surface area contributed by atoms with Crippen LogP contribution in [-0.4, -0.2) is 18.5 Å². The van der Waals surface area contributed by atoms with Crippen LogP contribution in [0.5, 0.6) is 0 Å². The molecule has 0 aliphatic heterocycles. The van der Waals surface area contributed by atoms with Crippen molar-refractivity contribution in [3.05, 3.63) is 107 Å². The number of nitrogens with one attached hydrogen (secondary N) is 1. The quantitative estimate of drug-likeness (QED) is 0.615. The summed E-state index contributed by atoms with van der Waals surface area (Å²) >= 11 is 0. The first-order chi connectivity index (χ1) is 14.7. The number of aryl methyl sites for hydroxylation is 1. The summed E-state index contributed by atoms with van der Waals surface area (Å²) in [4.78, 5) is 25.1. The zero-order valence-electron chi connectivity index (χ0n) is 16.8. The number of amides is 1. The highest BCUT2D eigenvalue weighted by Gasteiger charge is 2.22. The Kier molecular flexibility index (Phi) is 6.23. The molecule has 0 radical (unpaired) electrons. The van der Waals surface area contributed by atoms with Crippen LogP contribution < -0.4 is 5.32 Å². The topological polar surface area (TPSA) is 55.4 Å². The van der Waals surface area contributed by atoms with Gasteiger partial charge in [0.2, 0.25) is 0 Å². The summed E-state index contributed by atoms with van der Waals surface area (Å²) in [5, 5.41) is 3.02. The van der Waals surface area contributed by atoms with Crippen LogP contribution in [0.15, 0.2) is 78.9 Å². The molecule has 3 aromatic rings. The largest absolute Gasteiger partial charge is 0.452 e. The van der Waals surface area contributed by atoms with E-state index in [9.17, 15) is 9.59 Å². The van der Waals surface area contributed by atoms with Gasteiger partial charge in [-0.15, -0.1) is 0 Å². The number of esters is 1. The van der Waals surface area contributed by atoms with Crippen molar-refractivity contribution in [2.45, 2.75) is 31.7 Å². The summed E-state index contributed by atoms with van der Waals surface area (Å²) < 4.78 is 5.35. The fraction of sp³-hybridized carbons (Fsp3) is 0.231. The van der Waals surface area contributed by atoms with Crippen LogP contribution in [0, 0.1) is 0 Å². The van der Waals surface area contributed by atoms with Crippen LogP contribution in [0.4, 0.5) is 0 Å². The Morgan fingerprint density at radius 1 is 0.900 bits per heavy atom. The second-order valence-electron chi connectivity index (χ2n) is 7.61. The molecule has 0 heterocycles. The Morgan fingerprint density at radius 2 is 1.63 bits per heavy atom. The van der Waals surface area contributed by atoms with Crippen LogP contribution in [0.3, 0.4) is 0 Å². The summed E-state index contributed by atoms with van der Waals surface area (Å²) in [5.41, 5.74) is 4.94. The number of ether oxygens (including phenoxy) is 1. The molecule has 0 bridgehead atoms. The Labute approximate surface area is 176 Å². The van der Waals surface area contributed by atoms with E-state index in [1.165, 1.54) is 5.56 Å². The lowest BCUT2D eigenvalue weighted by atomic mass is 9.88. The van der Waals surface area contributed by atoms with Gasteiger partial charge in [-0.3, -0.25) is 4.79 Å². The zero-order valence-corrected chi connectivity index (χ0v) is 16.8. The standard InChI is InChI=1S/C26H25NO3/c28-25(27-24-16-8-13-20-11-4-6-14-22(20)24)18-30-26(29)23-15-7-5-12-21(23)17-19-9-2-1-3-10-19/h1-7,9-12,14-15,24H,8,13,16-18H2,(H,27,28)/t24-/m1/s1. The molecule has 4 nitrogen and oxygen atoms in total. The first-order valence-corrected chi connectivity index (χ1v) is 10.4. The van der Waals surface area contributed by atoms with Crippen molar-refractivity contribution in [2.24, 2.45) is 0 Å². The molecule has 1 aliphatic carbocycles. The van der Waals surface area contributed by atoms with E-state index in [2.05, 4.69) is 17.4 Å². The first kappa shape index (κ1) is 19.9.